The van der Waals surface area contributed by atoms with Crippen molar-refractivity contribution in [3.8, 4) is 0 Å². The van der Waals surface area contributed by atoms with Gasteiger partial charge in [0, 0.05) is 11.3 Å². The summed E-state index contributed by atoms with van der Waals surface area (Å²) in [7, 11) is 0. The monoisotopic (exact) mass is 241 g/mol. The molecular weight excluding hydrogens is 214 g/mol. The van der Waals surface area contributed by atoms with Crippen molar-refractivity contribution in [2.45, 2.75) is 63.7 Å². The summed E-state index contributed by atoms with van der Waals surface area (Å²) >= 11 is 2.14. The van der Waals surface area contributed by atoms with Gasteiger partial charge in [-0.1, -0.05) is 20.3 Å². The molecule has 0 radical (unpaired) electrons. The quantitative estimate of drug-likeness (QED) is 0.798. The van der Waals surface area contributed by atoms with Crippen LogP contribution in [0, 0.1) is 17.8 Å². The van der Waals surface area contributed by atoms with Crippen molar-refractivity contribution in [2.24, 2.45) is 23.5 Å². The molecule has 1 saturated carbocycles. The van der Waals surface area contributed by atoms with Crippen molar-refractivity contribution < 1.29 is 0 Å². The molecule has 0 aromatic heterocycles. The normalized spacial score (nSPS) is 42.9. The average Bonchev–Trinajstić information content (AvgIpc) is 2.28. The molecule has 1 aliphatic heterocycles. The van der Waals surface area contributed by atoms with Gasteiger partial charge in [-0.2, -0.15) is 11.8 Å². The van der Waals surface area contributed by atoms with Crippen LogP contribution in [0.2, 0.25) is 0 Å². The van der Waals surface area contributed by atoms with E-state index in [9.17, 15) is 0 Å². The molecule has 0 aromatic carbocycles. The minimum Gasteiger partial charge on any atom is -0.326 e. The first-order chi connectivity index (χ1) is 7.66. The molecule has 2 aliphatic rings. The van der Waals surface area contributed by atoms with Crippen LogP contribution in [0.4, 0.5) is 0 Å². The van der Waals surface area contributed by atoms with E-state index < -0.39 is 0 Å². The lowest BCUT2D eigenvalue weighted by Crippen LogP contribution is -2.43. The van der Waals surface area contributed by atoms with E-state index in [1.165, 1.54) is 44.3 Å². The van der Waals surface area contributed by atoms with Crippen LogP contribution >= 0.6 is 11.8 Å². The van der Waals surface area contributed by atoms with Gasteiger partial charge in [0.1, 0.15) is 0 Å². The summed E-state index contributed by atoms with van der Waals surface area (Å²) in [6, 6.07) is 0.468. The van der Waals surface area contributed by atoms with Crippen molar-refractivity contribution in [2.75, 3.05) is 5.75 Å². The molecule has 0 amide bonds. The molecule has 2 rings (SSSR count). The summed E-state index contributed by atoms with van der Waals surface area (Å²) < 4.78 is 0. The molecule has 0 bridgehead atoms. The lowest BCUT2D eigenvalue weighted by atomic mass is 9.73. The molecule has 2 fully saturated rings. The number of rotatable bonds is 2. The molecule has 4 unspecified atom stereocenters. The molecule has 1 heterocycles. The fraction of sp³-hybridized carbons (Fsp3) is 1.00. The molecule has 1 saturated heterocycles. The van der Waals surface area contributed by atoms with E-state index in [1.54, 1.807) is 0 Å². The van der Waals surface area contributed by atoms with Crippen LogP contribution in [0.25, 0.3) is 0 Å². The van der Waals surface area contributed by atoms with Gasteiger partial charge >= 0.3 is 0 Å². The van der Waals surface area contributed by atoms with Crippen LogP contribution in [0.15, 0.2) is 0 Å². The Morgan fingerprint density at radius 1 is 1.06 bits per heavy atom. The van der Waals surface area contributed by atoms with Gasteiger partial charge < -0.3 is 5.73 Å². The fourth-order valence-electron chi connectivity index (χ4n) is 3.70. The highest BCUT2D eigenvalue weighted by atomic mass is 32.2. The summed E-state index contributed by atoms with van der Waals surface area (Å²) in [4.78, 5) is 0. The predicted molar refractivity (Wildman–Crippen MR) is 73.7 cm³/mol. The second-order valence-electron chi connectivity index (χ2n) is 6.16. The van der Waals surface area contributed by atoms with Crippen LogP contribution in [-0.4, -0.2) is 17.0 Å². The van der Waals surface area contributed by atoms with Crippen molar-refractivity contribution >= 4 is 11.8 Å². The van der Waals surface area contributed by atoms with Crippen molar-refractivity contribution in [3.05, 3.63) is 0 Å². The van der Waals surface area contributed by atoms with E-state index in [-0.39, 0.29) is 0 Å². The first-order valence-electron chi connectivity index (χ1n) is 7.04. The fourth-order valence-corrected chi connectivity index (χ4v) is 5.15. The smallest absolute Gasteiger partial charge is 0.0201 e. The summed E-state index contributed by atoms with van der Waals surface area (Å²) in [5.74, 6) is 3.94. The Balaban J connectivity index is 1.89. The first-order valence-corrected chi connectivity index (χ1v) is 8.09. The van der Waals surface area contributed by atoms with Crippen LogP contribution in [0.1, 0.15) is 52.4 Å². The van der Waals surface area contributed by atoms with Gasteiger partial charge in [0.05, 0.1) is 0 Å². The van der Waals surface area contributed by atoms with Gasteiger partial charge in [0.15, 0.2) is 0 Å². The van der Waals surface area contributed by atoms with Crippen molar-refractivity contribution in [1.82, 2.24) is 0 Å². The van der Waals surface area contributed by atoms with E-state index in [1.807, 2.05) is 0 Å². The SMILES string of the molecule is CC1CC(C)CC(C(N)C2CCCCS2)C1. The van der Waals surface area contributed by atoms with Crippen molar-refractivity contribution in [1.29, 1.82) is 0 Å². The van der Waals surface area contributed by atoms with E-state index >= 15 is 0 Å². The Kier molecular flexibility index (Phi) is 4.60. The Bertz CT molecular complexity index is 203. The molecule has 4 atom stereocenters. The maximum atomic E-state index is 6.53. The first kappa shape index (κ1) is 12.8. The second kappa shape index (κ2) is 5.77. The molecule has 94 valence electrons. The standard InChI is InChI=1S/C14H27NS/c1-10-7-11(2)9-12(8-10)14(15)13-5-3-4-6-16-13/h10-14H,3-9,15H2,1-2H3. The highest BCUT2D eigenvalue weighted by Crippen LogP contribution is 2.38. The van der Waals surface area contributed by atoms with E-state index in [0.29, 0.717) is 6.04 Å². The van der Waals surface area contributed by atoms with Gasteiger partial charge in [-0.3, -0.25) is 0 Å². The third kappa shape index (κ3) is 3.16. The third-order valence-electron chi connectivity index (χ3n) is 4.40. The zero-order valence-corrected chi connectivity index (χ0v) is 11.6. The lowest BCUT2D eigenvalue weighted by molar-refractivity contribution is 0.189. The summed E-state index contributed by atoms with van der Waals surface area (Å²) in [5, 5.41) is 0.760. The Hall–Kier alpha value is 0.310. The zero-order valence-electron chi connectivity index (χ0n) is 10.8. The van der Waals surface area contributed by atoms with Crippen LogP contribution in [0.5, 0.6) is 0 Å². The minimum atomic E-state index is 0.468. The van der Waals surface area contributed by atoms with Crippen LogP contribution in [-0.2, 0) is 0 Å². The van der Waals surface area contributed by atoms with E-state index in [2.05, 4.69) is 25.6 Å². The van der Waals surface area contributed by atoms with Gasteiger partial charge in [-0.25, -0.2) is 0 Å². The molecule has 0 aromatic rings. The highest BCUT2D eigenvalue weighted by molar-refractivity contribution is 8.00. The molecule has 1 nitrogen and oxygen atoms in total. The molecular formula is C14H27NS. The van der Waals surface area contributed by atoms with Gasteiger partial charge in [-0.05, 0) is 55.6 Å². The van der Waals surface area contributed by atoms with Crippen LogP contribution in [0.3, 0.4) is 0 Å². The molecule has 16 heavy (non-hydrogen) atoms. The molecule has 2 heteroatoms. The van der Waals surface area contributed by atoms with Gasteiger partial charge in [-0.15, -0.1) is 0 Å². The lowest BCUT2D eigenvalue weighted by Gasteiger charge is -2.39. The topological polar surface area (TPSA) is 26.0 Å². The molecule has 0 spiro atoms. The number of nitrogens with two attached hydrogens (primary N) is 1. The molecule has 1 aliphatic carbocycles. The highest BCUT2D eigenvalue weighted by Gasteiger charge is 2.33. The number of hydrogen-bond donors (Lipinski definition) is 1. The second-order valence-corrected chi connectivity index (χ2v) is 7.51. The predicted octanol–water partition coefficient (Wildman–Crippen LogP) is 3.67. The number of hydrogen-bond acceptors (Lipinski definition) is 2. The average molecular weight is 241 g/mol. The van der Waals surface area contributed by atoms with E-state index in [4.69, 9.17) is 5.73 Å². The maximum Gasteiger partial charge on any atom is 0.0201 e. The summed E-state index contributed by atoms with van der Waals surface area (Å²) in [5.41, 5.74) is 6.53. The zero-order chi connectivity index (χ0) is 11.5. The summed E-state index contributed by atoms with van der Waals surface area (Å²) in [6.45, 7) is 4.81. The van der Waals surface area contributed by atoms with Crippen LogP contribution < -0.4 is 5.73 Å². The van der Waals surface area contributed by atoms with Crippen molar-refractivity contribution in [3.63, 3.8) is 0 Å². The Morgan fingerprint density at radius 3 is 2.31 bits per heavy atom. The Morgan fingerprint density at radius 2 is 1.75 bits per heavy atom. The summed E-state index contributed by atoms with van der Waals surface area (Å²) in [6.07, 6.45) is 8.35. The molecule has 2 N–H and O–H groups in total. The minimum absolute atomic E-state index is 0.468. The largest absolute Gasteiger partial charge is 0.326 e. The van der Waals surface area contributed by atoms with Gasteiger partial charge in [0.25, 0.3) is 0 Å². The maximum absolute atomic E-state index is 6.53. The third-order valence-corrected chi connectivity index (χ3v) is 5.91. The van der Waals surface area contributed by atoms with Gasteiger partial charge in [0.2, 0.25) is 0 Å². The van der Waals surface area contributed by atoms with E-state index in [0.717, 1.165) is 23.0 Å². The number of thioether (sulfide) groups is 1. The Labute approximate surface area is 105 Å².